The number of carbonyl (C=O) groups is 2. The maximum absolute atomic E-state index is 13.0. The molecule has 1 aliphatic rings. The topological polar surface area (TPSA) is 46.6 Å². The van der Waals surface area contributed by atoms with E-state index in [1.165, 1.54) is 17.0 Å². The molecule has 1 saturated heterocycles. The molecule has 0 spiro atoms. The highest BCUT2D eigenvalue weighted by Crippen LogP contribution is 2.35. The number of amides is 2. The fraction of sp³-hybridized carbons (Fsp3) is 0.0833. The SMILES string of the molecule is O=C1S/C(=C\c2ccc(OCc3ccc(F)cc3)c(Cl)c2)C(=O)N1Cc1ccc(Br)cc1. The van der Waals surface area contributed by atoms with E-state index in [1.54, 1.807) is 36.4 Å². The lowest BCUT2D eigenvalue weighted by molar-refractivity contribution is -0.123. The van der Waals surface area contributed by atoms with Crippen LogP contribution in [0.15, 0.2) is 76.1 Å². The monoisotopic (exact) mass is 531 g/mol. The van der Waals surface area contributed by atoms with Gasteiger partial charge in [-0.2, -0.15) is 0 Å². The van der Waals surface area contributed by atoms with Crippen molar-refractivity contribution >= 4 is 56.5 Å². The first-order valence-corrected chi connectivity index (χ1v) is 11.5. The number of ether oxygens (including phenoxy) is 1. The van der Waals surface area contributed by atoms with E-state index in [2.05, 4.69) is 15.9 Å². The third kappa shape index (κ3) is 5.41. The fourth-order valence-corrected chi connectivity index (χ4v) is 4.37. The van der Waals surface area contributed by atoms with Crippen LogP contribution in [0.4, 0.5) is 9.18 Å². The molecule has 0 unspecified atom stereocenters. The predicted molar refractivity (Wildman–Crippen MR) is 128 cm³/mol. The molecule has 0 N–H and O–H groups in total. The predicted octanol–water partition coefficient (Wildman–Crippen LogP) is 7.06. The summed E-state index contributed by atoms with van der Waals surface area (Å²) in [5, 5.41) is 0.0597. The Morgan fingerprint density at radius 2 is 1.69 bits per heavy atom. The molecule has 4 nitrogen and oxygen atoms in total. The van der Waals surface area contributed by atoms with Crippen LogP contribution in [0.1, 0.15) is 16.7 Å². The zero-order valence-electron chi connectivity index (χ0n) is 16.6. The number of rotatable bonds is 6. The molecule has 3 aromatic rings. The molecular weight excluding hydrogens is 517 g/mol. The van der Waals surface area contributed by atoms with Gasteiger partial charge in [0.1, 0.15) is 18.2 Å². The second kappa shape index (κ2) is 9.90. The van der Waals surface area contributed by atoms with Crippen LogP contribution in [0.25, 0.3) is 6.08 Å². The second-order valence-corrected chi connectivity index (χ2v) is 9.32. The second-order valence-electron chi connectivity index (χ2n) is 7.00. The van der Waals surface area contributed by atoms with Crippen LogP contribution in [0.3, 0.4) is 0 Å². The summed E-state index contributed by atoms with van der Waals surface area (Å²) in [5.41, 5.74) is 2.35. The first-order chi connectivity index (χ1) is 15.4. The number of thioether (sulfide) groups is 1. The maximum atomic E-state index is 13.0. The van der Waals surface area contributed by atoms with Crippen molar-refractivity contribution in [3.8, 4) is 5.75 Å². The zero-order chi connectivity index (χ0) is 22.7. The molecule has 0 atom stereocenters. The molecule has 8 heteroatoms. The Morgan fingerprint density at radius 1 is 1.00 bits per heavy atom. The average Bonchev–Trinajstić information content (AvgIpc) is 3.03. The van der Waals surface area contributed by atoms with Gasteiger partial charge in [0.15, 0.2) is 0 Å². The first kappa shape index (κ1) is 22.6. The molecule has 162 valence electrons. The van der Waals surface area contributed by atoms with Gasteiger partial charge in [0.25, 0.3) is 11.1 Å². The Balaban J connectivity index is 1.44. The summed E-state index contributed by atoms with van der Waals surface area (Å²) in [6, 6.07) is 18.6. The Kier molecular flexibility index (Phi) is 6.98. The van der Waals surface area contributed by atoms with E-state index in [0.29, 0.717) is 21.2 Å². The minimum Gasteiger partial charge on any atom is -0.487 e. The Labute approximate surface area is 202 Å². The van der Waals surface area contributed by atoms with Gasteiger partial charge in [-0.15, -0.1) is 0 Å². The van der Waals surface area contributed by atoms with Crippen LogP contribution >= 0.6 is 39.3 Å². The van der Waals surface area contributed by atoms with Gasteiger partial charge in [0.2, 0.25) is 0 Å². The van der Waals surface area contributed by atoms with Gasteiger partial charge in [0, 0.05) is 4.47 Å². The average molecular weight is 533 g/mol. The fourth-order valence-electron chi connectivity index (χ4n) is 3.03. The van der Waals surface area contributed by atoms with Crippen molar-refractivity contribution in [3.05, 3.63) is 104 Å². The van der Waals surface area contributed by atoms with Crippen molar-refractivity contribution in [1.82, 2.24) is 4.90 Å². The van der Waals surface area contributed by atoms with E-state index < -0.39 is 0 Å². The molecule has 4 rings (SSSR count). The van der Waals surface area contributed by atoms with Gasteiger partial charge in [-0.25, -0.2) is 4.39 Å². The quantitative estimate of drug-likeness (QED) is 0.319. The van der Waals surface area contributed by atoms with E-state index in [-0.39, 0.29) is 30.1 Å². The first-order valence-electron chi connectivity index (χ1n) is 9.55. The molecule has 2 amide bonds. The molecule has 0 bridgehead atoms. The van der Waals surface area contributed by atoms with Gasteiger partial charge < -0.3 is 4.74 Å². The van der Waals surface area contributed by atoms with Crippen LogP contribution in [0.5, 0.6) is 5.75 Å². The summed E-state index contributed by atoms with van der Waals surface area (Å²) in [6.45, 7) is 0.459. The van der Waals surface area contributed by atoms with Gasteiger partial charge >= 0.3 is 0 Å². The van der Waals surface area contributed by atoms with E-state index in [9.17, 15) is 14.0 Å². The zero-order valence-corrected chi connectivity index (χ0v) is 19.7. The number of halogens is 3. The van der Waals surface area contributed by atoms with E-state index >= 15 is 0 Å². The van der Waals surface area contributed by atoms with E-state index in [4.69, 9.17) is 16.3 Å². The lowest BCUT2D eigenvalue weighted by Crippen LogP contribution is -2.27. The maximum Gasteiger partial charge on any atom is 0.293 e. The number of nitrogens with zero attached hydrogens (tertiary/aromatic N) is 1. The van der Waals surface area contributed by atoms with Crippen molar-refractivity contribution in [3.63, 3.8) is 0 Å². The molecule has 0 aromatic heterocycles. The van der Waals surface area contributed by atoms with Crippen LogP contribution in [0.2, 0.25) is 5.02 Å². The highest BCUT2D eigenvalue weighted by Gasteiger charge is 2.35. The van der Waals surface area contributed by atoms with Gasteiger partial charge in [-0.05, 0) is 70.9 Å². The molecule has 1 heterocycles. The number of hydrogen-bond acceptors (Lipinski definition) is 4. The summed E-state index contributed by atoms with van der Waals surface area (Å²) in [6.07, 6.45) is 1.64. The lowest BCUT2D eigenvalue weighted by atomic mass is 10.2. The van der Waals surface area contributed by atoms with Crippen LogP contribution in [0, 0.1) is 5.82 Å². The third-order valence-corrected chi connectivity index (χ3v) is 6.42. The molecular formula is C24H16BrClFNO3S. The van der Waals surface area contributed by atoms with Crippen LogP contribution < -0.4 is 4.74 Å². The Bertz CT molecular complexity index is 1200. The summed E-state index contributed by atoms with van der Waals surface area (Å²) in [7, 11) is 0. The third-order valence-electron chi connectivity index (χ3n) is 4.69. The normalized spacial score (nSPS) is 15.0. The molecule has 0 radical (unpaired) electrons. The van der Waals surface area contributed by atoms with E-state index in [1.807, 2.05) is 24.3 Å². The summed E-state index contributed by atoms with van der Waals surface area (Å²) >= 11 is 10.6. The Hall–Kier alpha value is -2.61. The van der Waals surface area contributed by atoms with Crippen LogP contribution in [-0.2, 0) is 17.9 Å². The largest absolute Gasteiger partial charge is 0.487 e. The van der Waals surface area contributed by atoms with Crippen molar-refractivity contribution in [2.45, 2.75) is 13.2 Å². The summed E-state index contributed by atoms with van der Waals surface area (Å²) < 4.78 is 19.6. The molecule has 0 aliphatic carbocycles. The van der Waals surface area contributed by atoms with Crippen molar-refractivity contribution in [1.29, 1.82) is 0 Å². The lowest BCUT2D eigenvalue weighted by Gasteiger charge is -2.12. The van der Waals surface area contributed by atoms with Crippen LogP contribution in [-0.4, -0.2) is 16.0 Å². The minimum absolute atomic E-state index is 0.214. The number of hydrogen-bond donors (Lipinski definition) is 0. The van der Waals surface area contributed by atoms with Gasteiger partial charge in [0.05, 0.1) is 16.5 Å². The highest BCUT2D eigenvalue weighted by molar-refractivity contribution is 9.10. The molecule has 0 saturated carbocycles. The van der Waals surface area contributed by atoms with Crippen molar-refractivity contribution < 1.29 is 18.7 Å². The molecule has 32 heavy (non-hydrogen) atoms. The van der Waals surface area contributed by atoms with Crippen molar-refractivity contribution in [2.75, 3.05) is 0 Å². The van der Waals surface area contributed by atoms with E-state index in [0.717, 1.165) is 27.4 Å². The Morgan fingerprint density at radius 3 is 2.38 bits per heavy atom. The molecule has 3 aromatic carbocycles. The molecule has 1 aliphatic heterocycles. The number of carbonyl (C=O) groups excluding carboxylic acids is 2. The number of benzene rings is 3. The summed E-state index contributed by atoms with van der Waals surface area (Å²) in [5.74, 6) is -0.176. The molecule has 1 fully saturated rings. The minimum atomic E-state index is -0.337. The summed E-state index contributed by atoms with van der Waals surface area (Å²) in [4.78, 5) is 26.7. The standard InChI is InChI=1S/C24H16BrClFNO3S/c25-18-6-1-15(2-7-18)13-28-23(29)22(32-24(28)30)12-17-5-10-21(20(26)11-17)31-14-16-3-8-19(27)9-4-16/h1-12H,13-14H2/b22-12-. The number of imide groups is 1. The highest BCUT2D eigenvalue weighted by atomic mass is 79.9. The van der Waals surface area contributed by atoms with Gasteiger partial charge in [-0.3, -0.25) is 14.5 Å². The van der Waals surface area contributed by atoms with Gasteiger partial charge in [-0.1, -0.05) is 57.9 Å². The van der Waals surface area contributed by atoms with Crippen molar-refractivity contribution in [2.24, 2.45) is 0 Å². The smallest absolute Gasteiger partial charge is 0.293 e.